The number of carbonyl (C=O) groups is 1. The number of benzene rings is 2. The number of likely N-dealkylation sites (tertiary alicyclic amines) is 2. The van der Waals surface area contributed by atoms with E-state index in [4.69, 9.17) is 5.10 Å². The molecule has 0 N–H and O–H groups in total. The maximum absolute atomic E-state index is 13.2. The standard InChI is InChI=1S/C26H30N4O/c31-26(28-16-9-10-17-28)24-15-7-8-18-29(24)19-22-20-30(23-13-5-2-6-14-23)27-25(22)21-11-3-1-4-12-21/h1-6,11-14,20,24H,7-10,15-19H2. The van der Waals surface area contributed by atoms with Gasteiger partial charge in [0.25, 0.3) is 0 Å². The van der Waals surface area contributed by atoms with Crippen LogP contribution in [0.4, 0.5) is 0 Å². The largest absolute Gasteiger partial charge is 0.341 e. The van der Waals surface area contributed by atoms with Crippen LogP contribution >= 0.6 is 0 Å². The lowest BCUT2D eigenvalue weighted by molar-refractivity contribution is -0.137. The monoisotopic (exact) mass is 414 g/mol. The van der Waals surface area contributed by atoms with Crippen molar-refractivity contribution in [3.63, 3.8) is 0 Å². The highest BCUT2D eigenvalue weighted by atomic mass is 16.2. The molecule has 5 nitrogen and oxygen atoms in total. The van der Waals surface area contributed by atoms with Crippen molar-refractivity contribution in [1.29, 1.82) is 0 Å². The third kappa shape index (κ3) is 4.28. The normalized spacial score (nSPS) is 19.6. The van der Waals surface area contributed by atoms with Crippen molar-refractivity contribution >= 4 is 5.91 Å². The molecule has 0 saturated carbocycles. The van der Waals surface area contributed by atoms with Crippen LogP contribution in [0.5, 0.6) is 0 Å². The summed E-state index contributed by atoms with van der Waals surface area (Å²) < 4.78 is 1.97. The van der Waals surface area contributed by atoms with Gasteiger partial charge in [-0.25, -0.2) is 4.68 Å². The second-order valence-electron chi connectivity index (χ2n) is 8.66. The molecule has 3 heterocycles. The summed E-state index contributed by atoms with van der Waals surface area (Å²) in [5.74, 6) is 0.328. The van der Waals surface area contributed by atoms with Gasteiger partial charge < -0.3 is 4.90 Å². The van der Waals surface area contributed by atoms with Crippen molar-refractivity contribution in [3.8, 4) is 16.9 Å². The van der Waals surface area contributed by atoms with E-state index in [2.05, 4.69) is 52.4 Å². The zero-order valence-electron chi connectivity index (χ0n) is 18.0. The van der Waals surface area contributed by atoms with Crippen LogP contribution in [0.25, 0.3) is 16.9 Å². The number of nitrogens with zero attached hydrogens (tertiary/aromatic N) is 4. The van der Waals surface area contributed by atoms with E-state index in [-0.39, 0.29) is 6.04 Å². The van der Waals surface area contributed by atoms with E-state index in [1.165, 1.54) is 5.56 Å². The molecule has 5 rings (SSSR count). The summed E-state index contributed by atoms with van der Waals surface area (Å²) in [5.41, 5.74) is 4.35. The molecule has 1 unspecified atom stereocenters. The predicted molar refractivity (Wildman–Crippen MR) is 123 cm³/mol. The first kappa shape index (κ1) is 20.0. The summed E-state index contributed by atoms with van der Waals surface area (Å²) in [5, 5.41) is 4.96. The first-order valence-electron chi connectivity index (χ1n) is 11.5. The van der Waals surface area contributed by atoms with Crippen LogP contribution in [0.1, 0.15) is 37.7 Å². The van der Waals surface area contributed by atoms with Crippen molar-refractivity contribution in [1.82, 2.24) is 19.6 Å². The summed E-state index contributed by atoms with van der Waals surface area (Å²) in [4.78, 5) is 17.7. The maximum Gasteiger partial charge on any atom is 0.239 e. The Morgan fingerprint density at radius 3 is 2.29 bits per heavy atom. The highest BCUT2D eigenvalue weighted by Crippen LogP contribution is 2.28. The average Bonchev–Trinajstić information content (AvgIpc) is 3.51. The highest BCUT2D eigenvalue weighted by Gasteiger charge is 2.33. The molecule has 31 heavy (non-hydrogen) atoms. The lowest BCUT2D eigenvalue weighted by Crippen LogP contribution is -2.49. The van der Waals surface area contributed by atoms with Gasteiger partial charge in [0, 0.05) is 37.0 Å². The Hall–Kier alpha value is -2.92. The van der Waals surface area contributed by atoms with Gasteiger partial charge in [-0.1, -0.05) is 55.0 Å². The number of para-hydroxylation sites is 1. The quantitative estimate of drug-likeness (QED) is 0.617. The fourth-order valence-electron chi connectivity index (χ4n) is 4.90. The number of hydrogen-bond donors (Lipinski definition) is 0. The van der Waals surface area contributed by atoms with Gasteiger partial charge >= 0.3 is 0 Å². The molecule has 0 bridgehead atoms. The lowest BCUT2D eigenvalue weighted by atomic mass is 9.99. The van der Waals surface area contributed by atoms with Crippen molar-refractivity contribution in [2.24, 2.45) is 0 Å². The first-order valence-corrected chi connectivity index (χ1v) is 11.5. The zero-order chi connectivity index (χ0) is 21.0. The molecule has 0 aliphatic carbocycles. The summed E-state index contributed by atoms with van der Waals surface area (Å²) in [6.07, 6.45) is 7.67. The SMILES string of the molecule is O=C(C1CCCCN1Cc1cn(-c2ccccc2)nc1-c1ccccc1)N1CCCC1. The van der Waals surface area contributed by atoms with Crippen molar-refractivity contribution in [2.45, 2.75) is 44.7 Å². The molecule has 0 radical (unpaired) electrons. The molecule has 5 heteroatoms. The summed E-state index contributed by atoms with van der Waals surface area (Å²) in [7, 11) is 0. The van der Waals surface area contributed by atoms with Crippen molar-refractivity contribution in [3.05, 3.63) is 72.4 Å². The van der Waals surface area contributed by atoms with E-state index in [1.807, 2.05) is 28.9 Å². The van der Waals surface area contributed by atoms with Crippen molar-refractivity contribution in [2.75, 3.05) is 19.6 Å². The zero-order valence-corrected chi connectivity index (χ0v) is 18.0. The molecule has 1 amide bonds. The number of amides is 1. The minimum absolute atomic E-state index is 0.00412. The Labute approximate surface area is 184 Å². The van der Waals surface area contributed by atoms with Crippen LogP contribution in [-0.4, -0.2) is 51.2 Å². The Kier molecular flexibility index (Phi) is 5.85. The van der Waals surface area contributed by atoms with Crippen LogP contribution < -0.4 is 0 Å². The molecule has 2 aromatic carbocycles. The van der Waals surface area contributed by atoms with Gasteiger partial charge in [-0.05, 0) is 44.4 Å². The molecular formula is C26H30N4O. The van der Waals surface area contributed by atoms with Gasteiger partial charge in [0.05, 0.1) is 17.4 Å². The van der Waals surface area contributed by atoms with Gasteiger partial charge in [-0.3, -0.25) is 9.69 Å². The molecule has 2 saturated heterocycles. The number of piperidine rings is 1. The van der Waals surface area contributed by atoms with Crippen molar-refractivity contribution < 1.29 is 4.79 Å². The van der Waals surface area contributed by atoms with E-state index in [9.17, 15) is 4.79 Å². The number of aromatic nitrogens is 2. The van der Waals surface area contributed by atoms with Gasteiger partial charge in [0.2, 0.25) is 5.91 Å². The Bertz CT molecular complexity index is 1010. The number of carbonyl (C=O) groups excluding carboxylic acids is 1. The molecule has 1 aromatic heterocycles. The number of rotatable bonds is 5. The van der Waals surface area contributed by atoms with E-state index in [0.29, 0.717) is 5.91 Å². The Balaban J connectivity index is 1.46. The van der Waals surface area contributed by atoms with E-state index >= 15 is 0 Å². The van der Waals surface area contributed by atoms with Crippen LogP contribution in [0.2, 0.25) is 0 Å². The smallest absolute Gasteiger partial charge is 0.239 e. The minimum Gasteiger partial charge on any atom is -0.341 e. The third-order valence-corrected chi connectivity index (χ3v) is 6.55. The van der Waals surface area contributed by atoms with Gasteiger partial charge in [0.1, 0.15) is 0 Å². The predicted octanol–water partition coefficient (Wildman–Crippen LogP) is 4.52. The average molecular weight is 415 g/mol. The fourth-order valence-corrected chi connectivity index (χ4v) is 4.90. The van der Waals surface area contributed by atoms with Crippen LogP contribution in [0.3, 0.4) is 0 Å². The van der Waals surface area contributed by atoms with Crippen LogP contribution in [0.15, 0.2) is 66.9 Å². The molecule has 2 aliphatic rings. The fraction of sp³-hybridized carbons (Fsp3) is 0.385. The molecule has 2 fully saturated rings. The van der Waals surface area contributed by atoms with Crippen LogP contribution in [0, 0.1) is 0 Å². The van der Waals surface area contributed by atoms with Gasteiger partial charge in [0.15, 0.2) is 0 Å². The molecular weight excluding hydrogens is 384 g/mol. The van der Waals surface area contributed by atoms with Gasteiger partial charge in [-0.15, -0.1) is 0 Å². The lowest BCUT2D eigenvalue weighted by Gasteiger charge is -2.36. The van der Waals surface area contributed by atoms with Crippen LogP contribution in [-0.2, 0) is 11.3 Å². The first-order chi connectivity index (χ1) is 15.3. The van der Waals surface area contributed by atoms with E-state index in [1.54, 1.807) is 0 Å². The molecule has 2 aliphatic heterocycles. The third-order valence-electron chi connectivity index (χ3n) is 6.55. The minimum atomic E-state index is -0.00412. The summed E-state index contributed by atoms with van der Waals surface area (Å²) in [6, 6.07) is 20.6. The maximum atomic E-state index is 13.2. The summed E-state index contributed by atoms with van der Waals surface area (Å²) in [6.45, 7) is 3.56. The second-order valence-corrected chi connectivity index (χ2v) is 8.66. The topological polar surface area (TPSA) is 41.4 Å². The summed E-state index contributed by atoms with van der Waals surface area (Å²) >= 11 is 0. The Morgan fingerprint density at radius 2 is 1.55 bits per heavy atom. The highest BCUT2D eigenvalue weighted by molar-refractivity contribution is 5.82. The van der Waals surface area contributed by atoms with E-state index in [0.717, 1.165) is 75.2 Å². The number of hydrogen-bond acceptors (Lipinski definition) is 3. The molecule has 3 aromatic rings. The van der Waals surface area contributed by atoms with E-state index < -0.39 is 0 Å². The molecule has 160 valence electrons. The molecule has 0 spiro atoms. The Morgan fingerprint density at radius 1 is 0.871 bits per heavy atom. The van der Waals surface area contributed by atoms with Gasteiger partial charge in [-0.2, -0.15) is 5.10 Å². The second kappa shape index (κ2) is 9.06. The molecule has 1 atom stereocenters.